The summed E-state index contributed by atoms with van der Waals surface area (Å²) in [6.45, 7) is 5.56. The molecule has 3 aromatic rings. The Balaban J connectivity index is 1.26. The summed E-state index contributed by atoms with van der Waals surface area (Å²) in [6, 6.07) is 15.3. The van der Waals surface area contributed by atoms with E-state index in [1.165, 1.54) is 0 Å². The third kappa shape index (κ3) is 5.28. The molecule has 1 saturated heterocycles. The van der Waals surface area contributed by atoms with Crippen LogP contribution in [0.5, 0.6) is 0 Å². The van der Waals surface area contributed by atoms with Gasteiger partial charge in [0, 0.05) is 56.4 Å². The molecule has 1 aromatic heterocycles. The molecule has 1 fully saturated rings. The number of halogens is 1. The van der Waals surface area contributed by atoms with Crippen LogP contribution in [0.1, 0.15) is 19.8 Å². The first-order chi connectivity index (χ1) is 16.5. The van der Waals surface area contributed by atoms with Crippen LogP contribution in [0.4, 0.5) is 5.69 Å². The summed E-state index contributed by atoms with van der Waals surface area (Å²) in [5.74, 6) is -0.340. The number of imidazole rings is 1. The number of aromatic nitrogens is 2. The number of aryl methyl sites for hydroxylation is 2. The molecule has 0 spiro atoms. The maximum absolute atomic E-state index is 12.8. The average Bonchev–Trinajstić information content (AvgIpc) is 3.12. The zero-order valence-electron chi connectivity index (χ0n) is 19.4. The predicted molar refractivity (Wildman–Crippen MR) is 134 cm³/mol. The molecule has 0 unspecified atom stereocenters. The van der Waals surface area contributed by atoms with Gasteiger partial charge in [0.05, 0.1) is 17.6 Å². The van der Waals surface area contributed by atoms with E-state index >= 15 is 0 Å². The molecule has 4 rings (SSSR count). The first-order valence-corrected chi connectivity index (χ1v) is 12.1. The van der Waals surface area contributed by atoms with Crippen LogP contribution < -0.4 is 15.9 Å². The topological polar surface area (TPSA) is 79.6 Å². The minimum Gasteiger partial charge on any atom is -0.368 e. The lowest BCUT2D eigenvalue weighted by Crippen LogP contribution is -2.51. The molecule has 180 valence electrons. The van der Waals surface area contributed by atoms with Gasteiger partial charge in [0.1, 0.15) is 0 Å². The Morgan fingerprint density at radius 1 is 0.912 bits per heavy atom. The van der Waals surface area contributed by atoms with E-state index in [1.54, 1.807) is 14.0 Å². The SMILES string of the molecule is CCCn1c(=O)n(CCC(=O)NCC(=O)N2CCN(c3ccc(Cl)cc3)CC2)c2ccccc21. The highest BCUT2D eigenvalue weighted by Crippen LogP contribution is 2.19. The van der Waals surface area contributed by atoms with Crippen molar-refractivity contribution in [2.45, 2.75) is 32.9 Å². The number of carbonyl (C=O) groups is 2. The second-order valence-electron chi connectivity index (χ2n) is 8.45. The third-order valence-corrected chi connectivity index (χ3v) is 6.45. The molecule has 9 heteroatoms. The molecular weight excluding hydrogens is 454 g/mol. The van der Waals surface area contributed by atoms with Crippen LogP contribution in [0.2, 0.25) is 5.02 Å². The normalized spacial score (nSPS) is 13.9. The minimum atomic E-state index is -0.243. The molecule has 34 heavy (non-hydrogen) atoms. The lowest BCUT2D eigenvalue weighted by atomic mass is 10.2. The summed E-state index contributed by atoms with van der Waals surface area (Å²) in [7, 11) is 0. The first-order valence-electron chi connectivity index (χ1n) is 11.7. The smallest absolute Gasteiger partial charge is 0.329 e. The number of anilines is 1. The molecule has 1 aliphatic rings. The number of piperazine rings is 1. The van der Waals surface area contributed by atoms with E-state index in [0.29, 0.717) is 24.7 Å². The lowest BCUT2D eigenvalue weighted by molar-refractivity contribution is -0.133. The van der Waals surface area contributed by atoms with Gasteiger partial charge in [-0.3, -0.25) is 18.7 Å². The Hall–Kier alpha value is -3.26. The largest absolute Gasteiger partial charge is 0.368 e. The fourth-order valence-electron chi connectivity index (χ4n) is 4.38. The Morgan fingerprint density at radius 3 is 2.15 bits per heavy atom. The Kier molecular flexibility index (Phi) is 7.57. The van der Waals surface area contributed by atoms with Gasteiger partial charge < -0.3 is 15.1 Å². The van der Waals surface area contributed by atoms with Gasteiger partial charge in [-0.1, -0.05) is 30.7 Å². The highest BCUT2D eigenvalue weighted by atomic mass is 35.5. The van der Waals surface area contributed by atoms with Crippen LogP contribution in [0.25, 0.3) is 11.0 Å². The third-order valence-electron chi connectivity index (χ3n) is 6.20. The van der Waals surface area contributed by atoms with Gasteiger partial charge in [0.2, 0.25) is 11.8 Å². The van der Waals surface area contributed by atoms with E-state index in [4.69, 9.17) is 11.6 Å². The highest BCUT2D eigenvalue weighted by Gasteiger charge is 2.21. The molecule has 0 aliphatic carbocycles. The summed E-state index contributed by atoms with van der Waals surface area (Å²) in [5, 5.41) is 3.42. The van der Waals surface area contributed by atoms with Crippen molar-refractivity contribution in [1.29, 1.82) is 0 Å². The van der Waals surface area contributed by atoms with E-state index < -0.39 is 0 Å². The van der Waals surface area contributed by atoms with E-state index in [9.17, 15) is 14.4 Å². The van der Waals surface area contributed by atoms with Crippen molar-refractivity contribution in [3.63, 3.8) is 0 Å². The zero-order chi connectivity index (χ0) is 24.1. The van der Waals surface area contributed by atoms with Gasteiger partial charge in [0.15, 0.2) is 0 Å². The van der Waals surface area contributed by atoms with Gasteiger partial charge in [-0.25, -0.2) is 4.79 Å². The number of carbonyl (C=O) groups excluding carboxylic acids is 2. The fraction of sp³-hybridized carbons (Fsp3) is 0.400. The number of para-hydroxylation sites is 2. The van der Waals surface area contributed by atoms with Crippen molar-refractivity contribution < 1.29 is 9.59 Å². The molecule has 2 heterocycles. The highest BCUT2D eigenvalue weighted by molar-refractivity contribution is 6.30. The molecule has 2 amide bonds. The summed E-state index contributed by atoms with van der Waals surface area (Å²) in [6.07, 6.45) is 0.988. The number of nitrogens with zero attached hydrogens (tertiary/aromatic N) is 4. The van der Waals surface area contributed by atoms with E-state index in [0.717, 1.165) is 36.2 Å². The van der Waals surface area contributed by atoms with Gasteiger partial charge in [-0.05, 0) is 42.8 Å². The number of fused-ring (bicyclic) bond motifs is 1. The van der Waals surface area contributed by atoms with Crippen LogP contribution in [-0.4, -0.2) is 58.6 Å². The molecule has 1 aliphatic heterocycles. The summed E-state index contributed by atoms with van der Waals surface area (Å²) >= 11 is 5.96. The Bertz CT molecular complexity index is 1210. The van der Waals surface area contributed by atoms with Crippen LogP contribution in [-0.2, 0) is 22.7 Å². The van der Waals surface area contributed by atoms with Gasteiger partial charge in [-0.2, -0.15) is 0 Å². The first kappa shape index (κ1) is 23.9. The maximum Gasteiger partial charge on any atom is 0.329 e. The molecule has 0 saturated carbocycles. The predicted octanol–water partition coefficient (Wildman–Crippen LogP) is 2.72. The van der Waals surface area contributed by atoms with Gasteiger partial charge >= 0.3 is 5.69 Å². The van der Waals surface area contributed by atoms with E-state index in [1.807, 2.05) is 55.5 Å². The fourth-order valence-corrected chi connectivity index (χ4v) is 4.51. The molecule has 0 atom stereocenters. The molecule has 8 nitrogen and oxygen atoms in total. The van der Waals surface area contributed by atoms with Crippen molar-refractivity contribution in [3.05, 3.63) is 64.0 Å². The van der Waals surface area contributed by atoms with Crippen molar-refractivity contribution in [3.8, 4) is 0 Å². The van der Waals surface area contributed by atoms with Crippen LogP contribution in [0, 0.1) is 0 Å². The van der Waals surface area contributed by atoms with Crippen molar-refractivity contribution >= 4 is 40.1 Å². The quantitative estimate of drug-likeness (QED) is 0.534. The molecule has 0 radical (unpaired) electrons. The molecular formula is C25H30ClN5O3. The summed E-state index contributed by atoms with van der Waals surface area (Å²) in [4.78, 5) is 41.8. The minimum absolute atomic E-state index is 0.0354. The maximum atomic E-state index is 12.8. The standard InChI is InChI=1S/C25H30ClN5O3/c1-2-12-30-21-5-3-4-6-22(21)31(25(30)34)13-11-23(32)27-18-24(33)29-16-14-28(15-17-29)20-9-7-19(26)8-10-20/h3-10H,2,11-18H2,1H3,(H,27,32). The zero-order valence-corrected chi connectivity index (χ0v) is 20.1. The van der Waals surface area contributed by atoms with E-state index in [-0.39, 0.29) is 37.0 Å². The molecule has 0 bridgehead atoms. The number of rotatable bonds is 8. The number of amides is 2. The van der Waals surface area contributed by atoms with Crippen molar-refractivity contribution in [2.75, 3.05) is 37.6 Å². The van der Waals surface area contributed by atoms with Crippen LogP contribution in [0.3, 0.4) is 0 Å². The summed E-state index contributed by atoms with van der Waals surface area (Å²) < 4.78 is 3.39. The van der Waals surface area contributed by atoms with Crippen LogP contribution >= 0.6 is 11.6 Å². The van der Waals surface area contributed by atoms with Crippen molar-refractivity contribution in [2.24, 2.45) is 0 Å². The van der Waals surface area contributed by atoms with Gasteiger partial charge in [0.25, 0.3) is 0 Å². The number of nitrogens with one attached hydrogen (secondary N) is 1. The number of benzene rings is 2. The Morgan fingerprint density at radius 2 is 1.53 bits per heavy atom. The van der Waals surface area contributed by atoms with Crippen LogP contribution in [0.15, 0.2) is 53.3 Å². The van der Waals surface area contributed by atoms with Crippen molar-refractivity contribution in [1.82, 2.24) is 19.4 Å². The molecule has 1 N–H and O–H groups in total. The monoisotopic (exact) mass is 483 g/mol. The van der Waals surface area contributed by atoms with E-state index in [2.05, 4.69) is 10.2 Å². The Labute approximate surface area is 203 Å². The molecule has 2 aromatic carbocycles. The number of hydrogen-bond donors (Lipinski definition) is 1. The lowest BCUT2D eigenvalue weighted by Gasteiger charge is -2.36. The number of hydrogen-bond acceptors (Lipinski definition) is 4. The second-order valence-corrected chi connectivity index (χ2v) is 8.88. The average molecular weight is 484 g/mol. The summed E-state index contributed by atoms with van der Waals surface area (Å²) in [5.41, 5.74) is 2.68. The van der Waals surface area contributed by atoms with Gasteiger partial charge in [-0.15, -0.1) is 0 Å². The second kappa shape index (κ2) is 10.8.